The van der Waals surface area contributed by atoms with Gasteiger partial charge in [0.15, 0.2) is 0 Å². The zero-order valence-corrected chi connectivity index (χ0v) is 8.45. The Kier molecular flexibility index (Phi) is 2.77. The van der Waals surface area contributed by atoms with E-state index < -0.39 is 11.6 Å². The largest absolute Gasteiger partial charge is 0.256 e. The van der Waals surface area contributed by atoms with E-state index in [4.69, 9.17) is 0 Å². The summed E-state index contributed by atoms with van der Waals surface area (Å²) in [5.41, 5.74) is 1.59. The molecule has 0 N–H and O–H groups in total. The maximum Gasteiger partial charge on any atom is 0.135 e. The number of halogens is 2. The molecule has 1 aromatic carbocycles. The van der Waals surface area contributed by atoms with Crippen molar-refractivity contribution in [2.24, 2.45) is 0 Å². The van der Waals surface area contributed by atoms with E-state index >= 15 is 0 Å². The van der Waals surface area contributed by atoms with E-state index in [2.05, 4.69) is 11.6 Å². The molecule has 0 atom stereocenters. The fourth-order valence-corrected chi connectivity index (χ4v) is 1.42. The lowest BCUT2D eigenvalue weighted by Crippen LogP contribution is -1.89. The van der Waals surface area contributed by atoms with Crippen molar-refractivity contribution < 1.29 is 8.78 Å². The lowest BCUT2D eigenvalue weighted by atomic mass is 10.1. The first kappa shape index (κ1) is 10.5. The minimum absolute atomic E-state index is 0.283. The molecular formula is C13H9F2N. The van der Waals surface area contributed by atoms with Crippen LogP contribution in [0.5, 0.6) is 0 Å². The van der Waals surface area contributed by atoms with Gasteiger partial charge in [0.05, 0.1) is 5.69 Å². The number of pyridine rings is 1. The monoisotopic (exact) mass is 217 g/mol. The Balaban J connectivity index is 2.53. The number of hydrogen-bond acceptors (Lipinski definition) is 1. The lowest BCUT2D eigenvalue weighted by Gasteiger charge is -2.03. The summed E-state index contributed by atoms with van der Waals surface area (Å²) in [4.78, 5) is 4.04. The van der Waals surface area contributed by atoms with Gasteiger partial charge >= 0.3 is 0 Å². The molecule has 0 spiro atoms. The van der Waals surface area contributed by atoms with Crippen molar-refractivity contribution in [3.05, 3.63) is 60.3 Å². The molecule has 3 heteroatoms. The van der Waals surface area contributed by atoms with E-state index in [1.54, 1.807) is 24.4 Å². The summed E-state index contributed by atoms with van der Waals surface area (Å²) in [5.74, 6) is -1.21. The highest BCUT2D eigenvalue weighted by Gasteiger charge is 2.07. The minimum Gasteiger partial charge on any atom is -0.256 e. The van der Waals surface area contributed by atoms with Crippen LogP contribution in [-0.4, -0.2) is 4.98 Å². The molecule has 0 saturated carbocycles. The maximum atomic E-state index is 13.5. The normalized spacial score (nSPS) is 10.1. The molecule has 0 fully saturated rings. The second kappa shape index (κ2) is 4.23. The molecule has 0 aliphatic heterocycles. The van der Waals surface area contributed by atoms with E-state index in [-0.39, 0.29) is 5.56 Å². The molecule has 1 aromatic heterocycles. The molecule has 2 rings (SSSR count). The molecule has 1 nitrogen and oxygen atoms in total. The van der Waals surface area contributed by atoms with Crippen molar-refractivity contribution in [1.82, 2.24) is 4.98 Å². The molecule has 0 aliphatic carbocycles. The predicted octanol–water partition coefficient (Wildman–Crippen LogP) is 3.67. The Morgan fingerprint density at radius 2 is 1.94 bits per heavy atom. The second-order valence-corrected chi connectivity index (χ2v) is 3.30. The zero-order valence-electron chi connectivity index (χ0n) is 8.45. The quantitative estimate of drug-likeness (QED) is 0.747. The van der Waals surface area contributed by atoms with Crippen molar-refractivity contribution in [2.75, 3.05) is 0 Å². The summed E-state index contributed by atoms with van der Waals surface area (Å²) >= 11 is 0. The second-order valence-electron chi connectivity index (χ2n) is 3.30. The zero-order chi connectivity index (χ0) is 11.5. The van der Waals surface area contributed by atoms with Gasteiger partial charge in [0.25, 0.3) is 0 Å². The summed E-state index contributed by atoms with van der Waals surface area (Å²) in [7, 11) is 0. The van der Waals surface area contributed by atoms with Gasteiger partial charge < -0.3 is 0 Å². The third-order valence-electron chi connectivity index (χ3n) is 2.23. The molecule has 1 heterocycles. The van der Waals surface area contributed by atoms with Crippen molar-refractivity contribution in [2.45, 2.75) is 0 Å². The standard InChI is InChI=1S/C13H9F2N/c1-2-9-5-6-16-13(7-9)11-4-3-10(14)8-12(11)15/h2-8H,1H2. The molecule has 80 valence electrons. The smallest absolute Gasteiger partial charge is 0.135 e. The van der Waals surface area contributed by atoms with Crippen LogP contribution in [0.15, 0.2) is 43.1 Å². The Morgan fingerprint density at radius 3 is 2.62 bits per heavy atom. The van der Waals surface area contributed by atoms with Gasteiger partial charge in [0.2, 0.25) is 0 Å². The van der Waals surface area contributed by atoms with E-state index in [9.17, 15) is 8.78 Å². The van der Waals surface area contributed by atoms with Crippen LogP contribution in [0.4, 0.5) is 8.78 Å². The van der Waals surface area contributed by atoms with Crippen molar-refractivity contribution >= 4 is 6.08 Å². The first-order valence-electron chi connectivity index (χ1n) is 4.74. The SMILES string of the molecule is C=Cc1ccnc(-c2ccc(F)cc2F)c1. The van der Waals surface area contributed by atoms with Crippen molar-refractivity contribution in [1.29, 1.82) is 0 Å². The van der Waals surface area contributed by atoms with Crippen LogP contribution in [0.25, 0.3) is 17.3 Å². The average molecular weight is 217 g/mol. The summed E-state index contributed by atoms with van der Waals surface area (Å²) in [6.07, 6.45) is 3.21. The highest BCUT2D eigenvalue weighted by molar-refractivity contribution is 5.63. The topological polar surface area (TPSA) is 12.9 Å². The van der Waals surface area contributed by atoms with Gasteiger partial charge in [-0.2, -0.15) is 0 Å². The maximum absolute atomic E-state index is 13.5. The van der Waals surface area contributed by atoms with Crippen LogP contribution >= 0.6 is 0 Å². The lowest BCUT2D eigenvalue weighted by molar-refractivity contribution is 0.585. The molecule has 2 aromatic rings. The molecule has 0 radical (unpaired) electrons. The van der Waals surface area contributed by atoms with Crippen LogP contribution in [0, 0.1) is 11.6 Å². The van der Waals surface area contributed by atoms with Crippen molar-refractivity contribution in [3.8, 4) is 11.3 Å². The third-order valence-corrected chi connectivity index (χ3v) is 2.23. The minimum atomic E-state index is -0.617. The highest BCUT2D eigenvalue weighted by atomic mass is 19.1. The molecule has 16 heavy (non-hydrogen) atoms. The number of aromatic nitrogens is 1. The third kappa shape index (κ3) is 1.98. The summed E-state index contributed by atoms with van der Waals surface area (Å²) in [6, 6.07) is 6.89. The van der Waals surface area contributed by atoms with Gasteiger partial charge in [-0.15, -0.1) is 0 Å². The number of benzene rings is 1. The van der Waals surface area contributed by atoms with E-state index in [0.717, 1.165) is 11.6 Å². The first-order valence-corrected chi connectivity index (χ1v) is 4.74. The average Bonchev–Trinajstić information content (AvgIpc) is 2.29. The van der Waals surface area contributed by atoms with Gasteiger partial charge in [0, 0.05) is 17.8 Å². The van der Waals surface area contributed by atoms with Crippen LogP contribution in [0.1, 0.15) is 5.56 Å². The molecule has 0 amide bonds. The first-order chi connectivity index (χ1) is 7.70. The van der Waals surface area contributed by atoms with Crippen LogP contribution in [0.3, 0.4) is 0 Å². The molecular weight excluding hydrogens is 208 g/mol. The Bertz CT molecular complexity index is 535. The predicted molar refractivity (Wildman–Crippen MR) is 59.7 cm³/mol. The Morgan fingerprint density at radius 1 is 1.12 bits per heavy atom. The van der Waals surface area contributed by atoms with Gasteiger partial charge in [-0.25, -0.2) is 8.78 Å². The molecule has 0 unspecified atom stereocenters. The van der Waals surface area contributed by atoms with Gasteiger partial charge in [-0.3, -0.25) is 4.98 Å². The van der Waals surface area contributed by atoms with Crippen molar-refractivity contribution in [3.63, 3.8) is 0 Å². The van der Waals surface area contributed by atoms with Crippen LogP contribution in [0.2, 0.25) is 0 Å². The van der Waals surface area contributed by atoms with Crippen LogP contribution < -0.4 is 0 Å². The van der Waals surface area contributed by atoms with E-state index in [1.165, 1.54) is 12.1 Å². The van der Waals surface area contributed by atoms with Gasteiger partial charge in [-0.05, 0) is 29.8 Å². The summed E-state index contributed by atoms with van der Waals surface area (Å²) in [5, 5.41) is 0. The molecule has 0 bridgehead atoms. The highest BCUT2D eigenvalue weighted by Crippen LogP contribution is 2.22. The van der Waals surface area contributed by atoms with Crippen LogP contribution in [-0.2, 0) is 0 Å². The fourth-order valence-electron chi connectivity index (χ4n) is 1.42. The Labute approximate surface area is 92.1 Å². The van der Waals surface area contributed by atoms with Gasteiger partial charge in [-0.1, -0.05) is 12.7 Å². The van der Waals surface area contributed by atoms with Gasteiger partial charge in [0.1, 0.15) is 11.6 Å². The van der Waals surface area contributed by atoms with E-state index in [1.807, 2.05) is 0 Å². The number of rotatable bonds is 2. The Hall–Kier alpha value is -2.03. The molecule has 0 aliphatic rings. The number of nitrogens with zero attached hydrogens (tertiary/aromatic N) is 1. The summed E-state index contributed by atoms with van der Waals surface area (Å²) < 4.78 is 26.2. The van der Waals surface area contributed by atoms with E-state index in [0.29, 0.717) is 5.69 Å². The number of hydrogen-bond donors (Lipinski definition) is 0. The summed E-state index contributed by atoms with van der Waals surface area (Å²) in [6.45, 7) is 3.62. The fraction of sp³-hybridized carbons (Fsp3) is 0. The molecule has 0 saturated heterocycles.